The molecule has 0 atom stereocenters. The number of ether oxygens (including phenoxy) is 1. The summed E-state index contributed by atoms with van der Waals surface area (Å²) < 4.78 is 7.73. The molecule has 0 fully saturated rings. The molecule has 0 bridgehead atoms. The number of aromatic nitrogens is 2. The number of hydrogen-bond donors (Lipinski definition) is 1. The van der Waals surface area contributed by atoms with Crippen LogP contribution in [0.25, 0.3) is 11.0 Å². The van der Waals surface area contributed by atoms with Gasteiger partial charge in [-0.15, -0.1) is 0 Å². The molecule has 0 spiro atoms. The average molecular weight is 303 g/mol. The molecule has 0 saturated carbocycles. The molecule has 1 N–H and O–H groups in total. The Hall–Kier alpha value is -2.04. The molecule has 0 unspecified atom stereocenters. The van der Waals surface area contributed by atoms with E-state index in [1.165, 1.54) is 0 Å². The lowest BCUT2D eigenvalue weighted by Gasteiger charge is -2.08. The fourth-order valence-corrected chi connectivity index (χ4v) is 2.54. The highest BCUT2D eigenvalue weighted by Gasteiger charge is 2.13. The molecule has 21 heavy (non-hydrogen) atoms. The van der Waals surface area contributed by atoms with Gasteiger partial charge in [0.1, 0.15) is 23.9 Å². The van der Waals surface area contributed by atoms with Crippen molar-refractivity contribution in [2.45, 2.75) is 20.1 Å². The van der Waals surface area contributed by atoms with Gasteiger partial charge < -0.3 is 14.4 Å². The van der Waals surface area contributed by atoms with Gasteiger partial charge in [0.15, 0.2) is 0 Å². The van der Waals surface area contributed by atoms with Gasteiger partial charge >= 0.3 is 0 Å². The van der Waals surface area contributed by atoms with Crippen LogP contribution in [0.3, 0.4) is 0 Å². The third-order valence-electron chi connectivity index (χ3n) is 3.31. The van der Waals surface area contributed by atoms with E-state index in [2.05, 4.69) is 4.98 Å². The monoisotopic (exact) mass is 302 g/mol. The van der Waals surface area contributed by atoms with Crippen LogP contribution in [-0.4, -0.2) is 14.7 Å². The van der Waals surface area contributed by atoms with Crippen molar-refractivity contribution >= 4 is 22.6 Å². The molecule has 0 radical (unpaired) electrons. The summed E-state index contributed by atoms with van der Waals surface area (Å²) in [6, 6.07) is 13.1. The largest absolute Gasteiger partial charge is 0.456 e. The van der Waals surface area contributed by atoms with E-state index in [1.807, 2.05) is 47.9 Å². The Balaban J connectivity index is 2.07. The van der Waals surface area contributed by atoms with Crippen LogP contribution in [0.15, 0.2) is 42.5 Å². The highest BCUT2D eigenvalue weighted by Crippen LogP contribution is 2.33. The van der Waals surface area contributed by atoms with Crippen LogP contribution in [0.5, 0.6) is 11.5 Å². The van der Waals surface area contributed by atoms with E-state index in [1.54, 1.807) is 6.07 Å². The third kappa shape index (κ3) is 2.60. The van der Waals surface area contributed by atoms with Crippen molar-refractivity contribution < 1.29 is 9.84 Å². The first-order valence-electron chi connectivity index (χ1n) is 6.75. The van der Waals surface area contributed by atoms with E-state index in [9.17, 15) is 5.11 Å². The first-order valence-corrected chi connectivity index (χ1v) is 7.13. The van der Waals surface area contributed by atoms with Gasteiger partial charge in [0.05, 0.1) is 16.1 Å². The van der Waals surface area contributed by atoms with Crippen LogP contribution in [0.1, 0.15) is 12.7 Å². The first-order chi connectivity index (χ1) is 10.2. The Morgan fingerprint density at radius 1 is 1.24 bits per heavy atom. The van der Waals surface area contributed by atoms with Crippen molar-refractivity contribution in [2.75, 3.05) is 0 Å². The fourth-order valence-electron chi connectivity index (χ4n) is 2.34. The average Bonchev–Trinajstić information content (AvgIpc) is 2.85. The molecule has 108 valence electrons. The molecule has 4 nitrogen and oxygen atoms in total. The van der Waals surface area contributed by atoms with Crippen LogP contribution in [0, 0.1) is 0 Å². The second-order valence-electron chi connectivity index (χ2n) is 4.62. The topological polar surface area (TPSA) is 47.3 Å². The highest BCUT2D eigenvalue weighted by atomic mass is 35.5. The molecule has 1 heterocycles. The number of benzene rings is 2. The van der Waals surface area contributed by atoms with Gasteiger partial charge in [-0.1, -0.05) is 29.8 Å². The van der Waals surface area contributed by atoms with E-state index in [0.29, 0.717) is 16.6 Å². The summed E-state index contributed by atoms with van der Waals surface area (Å²) in [5.41, 5.74) is 1.66. The zero-order valence-electron chi connectivity index (χ0n) is 11.6. The maximum Gasteiger partial charge on any atom is 0.148 e. The number of para-hydroxylation sites is 1. The number of fused-ring (bicyclic) bond motifs is 1. The zero-order chi connectivity index (χ0) is 14.8. The smallest absolute Gasteiger partial charge is 0.148 e. The fraction of sp³-hybridized carbons (Fsp3) is 0.188. The minimum Gasteiger partial charge on any atom is -0.456 e. The van der Waals surface area contributed by atoms with Crippen molar-refractivity contribution in [3.8, 4) is 11.5 Å². The number of aliphatic hydroxyl groups is 1. The van der Waals surface area contributed by atoms with Crippen molar-refractivity contribution in [1.82, 2.24) is 9.55 Å². The molecular weight excluding hydrogens is 288 g/mol. The number of aryl methyl sites for hydroxylation is 1. The molecular formula is C16H15ClN2O2. The van der Waals surface area contributed by atoms with Crippen LogP contribution in [0.4, 0.5) is 0 Å². The van der Waals surface area contributed by atoms with Crippen LogP contribution in [-0.2, 0) is 13.2 Å². The van der Waals surface area contributed by atoms with Crippen LogP contribution < -0.4 is 4.74 Å². The lowest BCUT2D eigenvalue weighted by Crippen LogP contribution is -2.00. The lowest BCUT2D eigenvalue weighted by atomic mass is 10.3. The second-order valence-corrected chi connectivity index (χ2v) is 5.02. The molecule has 3 rings (SSSR count). The van der Waals surface area contributed by atoms with Gasteiger partial charge in [-0.05, 0) is 25.1 Å². The molecule has 0 amide bonds. The molecule has 0 saturated heterocycles. The number of halogens is 1. The molecule has 0 aliphatic carbocycles. The van der Waals surface area contributed by atoms with Crippen molar-refractivity contribution in [3.05, 3.63) is 53.3 Å². The number of hydrogen-bond acceptors (Lipinski definition) is 3. The second kappa shape index (κ2) is 5.76. The Morgan fingerprint density at radius 3 is 2.67 bits per heavy atom. The highest BCUT2D eigenvalue weighted by molar-refractivity contribution is 6.32. The van der Waals surface area contributed by atoms with E-state index < -0.39 is 0 Å². The van der Waals surface area contributed by atoms with Crippen molar-refractivity contribution in [2.24, 2.45) is 0 Å². The molecule has 5 heteroatoms. The quantitative estimate of drug-likeness (QED) is 0.792. The Labute approximate surface area is 127 Å². The normalized spacial score (nSPS) is 11.0. The number of imidazole rings is 1. The Morgan fingerprint density at radius 2 is 2.00 bits per heavy atom. The summed E-state index contributed by atoms with van der Waals surface area (Å²) in [5, 5.41) is 9.90. The van der Waals surface area contributed by atoms with Gasteiger partial charge in [0, 0.05) is 12.6 Å². The minimum absolute atomic E-state index is 0.102. The predicted octanol–water partition coefficient (Wildman–Crippen LogP) is 3.99. The lowest BCUT2D eigenvalue weighted by molar-refractivity contribution is 0.266. The van der Waals surface area contributed by atoms with E-state index in [4.69, 9.17) is 16.3 Å². The molecule has 0 aliphatic rings. The molecule has 2 aromatic carbocycles. The maximum atomic E-state index is 9.38. The summed E-state index contributed by atoms with van der Waals surface area (Å²) in [7, 11) is 0. The van der Waals surface area contributed by atoms with Gasteiger partial charge in [-0.2, -0.15) is 0 Å². The number of rotatable bonds is 4. The minimum atomic E-state index is -0.102. The number of aliphatic hydroxyl groups excluding tert-OH is 1. The molecule has 0 aliphatic heterocycles. The Bertz CT molecular complexity index is 769. The third-order valence-corrected chi connectivity index (χ3v) is 3.60. The van der Waals surface area contributed by atoms with Gasteiger partial charge in [0.25, 0.3) is 0 Å². The first kappa shape index (κ1) is 13.9. The van der Waals surface area contributed by atoms with Gasteiger partial charge in [-0.3, -0.25) is 0 Å². The SMILES string of the molecule is CCn1c(CO)nc2cc(Oc3ccccc3)c(Cl)cc21. The molecule has 1 aromatic heterocycles. The Kier molecular flexibility index (Phi) is 3.82. The standard InChI is InChI=1S/C16H15ClN2O2/c1-2-19-14-8-12(17)15(9-13(14)18-16(19)10-20)21-11-6-4-3-5-7-11/h3-9,20H,2,10H2,1H3. The summed E-state index contributed by atoms with van der Waals surface area (Å²) in [4.78, 5) is 4.42. The van der Waals surface area contributed by atoms with E-state index in [-0.39, 0.29) is 6.61 Å². The van der Waals surface area contributed by atoms with E-state index >= 15 is 0 Å². The van der Waals surface area contributed by atoms with Crippen molar-refractivity contribution in [1.29, 1.82) is 0 Å². The van der Waals surface area contributed by atoms with Gasteiger partial charge in [0.2, 0.25) is 0 Å². The number of nitrogens with zero attached hydrogens (tertiary/aromatic N) is 2. The summed E-state index contributed by atoms with van der Waals surface area (Å²) in [6.45, 7) is 2.62. The predicted molar refractivity (Wildman–Crippen MR) is 82.9 cm³/mol. The van der Waals surface area contributed by atoms with Gasteiger partial charge in [-0.25, -0.2) is 4.98 Å². The zero-order valence-corrected chi connectivity index (χ0v) is 12.3. The van der Waals surface area contributed by atoms with Crippen LogP contribution >= 0.6 is 11.6 Å². The summed E-state index contributed by atoms with van der Waals surface area (Å²) >= 11 is 6.31. The summed E-state index contributed by atoms with van der Waals surface area (Å²) in [5.74, 6) is 1.90. The molecule has 3 aromatic rings. The van der Waals surface area contributed by atoms with Crippen molar-refractivity contribution in [3.63, 3.8) is 0 Å². The van der Waals surface area contributed by atoms with Crippen LogP contribution in [0.2, 0.25) is 5.02 Å². The summed E-state index contributed by atoms with van der Waals surface area (Å²) in [6.07, 6.45) is 0. The van der Waals surface area contributed by atoms with E-state index in [0.717, 1.165) is 23.3 Å². The maximum absolute atomic E-state index is 9.38.